The third-order valence-electron chi connectivity index (χ3n) is 5.05. The van der Waals surface area contributed by atoms with Crippen LogP contribution in [0.4, 0.5) is 5.69 Å². The number of pyridine rings is 1. The van der Waals surface area contributed by atoms with Gasteiger partial charge in [-0.1, -0.05) is 29.3 Å². The third-order valence-corrected chi connectivity index (χ3v) is 6.17. The Morgan fingerprint density at radius 1 is 1.17 bits per heavy atom. The molecular formula is C24H19Br2N5O4. The SMILES string of the molecule is CCCCc1nc2ccc(Br)cc2c(=O)n1N=Cc1ccc(Oc2ccc([N+](=O)[O-])cn2)c(Br)c1. The van der Waals surface area contributed by atoms with Crippen LogP contribution in [0.1, 0.15) is 31.2 Å². The van der Waals surface area contributed by atoms with Crippen molar-refractivity contribution in [2.45, 2.75) is 26.2 Å². The maximum atomic E-state index is 13.2. The standard InChI is InChI=1S/C24H19Br2N5O4/c1-2-3-4-22-29-20-8-6-16(25)12-18(20)24(32)30(22)28-13-15-5-9-21(19(26)11-15)35-23-10-7-17(14-27-23)31(33)34/h5-14H,2-4H2,1H3. The lowest BCUT2D eigenvalue weighted by atomic mass is 10.2. The Balaban J connectivity index is 1.62. The molecule has 0 radical (unpaired) electrons. The van der Waals surface area contributed by atoms with Crippen molar-refractivity contribution in [2.75, 3.05) is 0 Å². The molecule has 0 amide bonds. The number of ether oxygens (including phenoxy) is 1. The van der Waals surface area contributed by atoms with E-state index in [-0.39, 0.29) is 17.1 Å². The predicted octanol–water partition coefficient (Wildman–Crippen LogP) is 6.24. The number of aromatic nitrogens is 3. The van der Waals surface area contributed by atoms with Crippen molar-refractivity contribution >= 4 is 54.7 Å². The number of hydrogen-bond acceptors (Lipinski definition) is 7. The van der Waals surface area contributed by atoms with Gasteiger partial charge in [0.25, 0.3) is 11.2 Å². The van der Waals surface area contributed by atoms with Gasteiger partial charge in [0, 0.05) is 23.0 Å². The summed E-state index contributed by atoms with van der Waals surface area (Å²) in [7, 11) is 0. The van der Waals surface area contributed by atoms with Crippen molar-refractivity contribution < 1.29 is 9.66 Å². The highest BCUT2D eigenvalue weighted by molar-refractivity contribution is 9.10. The lowest BCUT2D eigenvalue weighted by Gasteiger charge is -2.10. The van der Waals surface area contributed by atoms with E-state index in [9.17, 15) is 14.9 Å². The van der Waals surface area contributed by atoms with E-state index in [2.05, 4.69) is 53.9 Å². The summed E-state index contributed by atoms with van der Waals surface area (Å²) >= 11 is 6.87. The minimum Gasteiger partial charge on any atom is -0.438 e. The zero-order valence-electron chi connectivity index (χ0n) is 18.5. The molecule has 0 aliphatic carbocycles. The molecule has 4 rings (SSSR count). The van der Waals surface area contributed by atoms with Gasteiger partial charge < -0.3 is 4.74 Å². The van der Waals surface area contributed by atoms with Crippen molar-refractivity contribution in [2.24, 2.45) is 5.10 Å². The molecule has 0 bridgehead atoms. The van der Waals surface area contributed by atoms with E-state index in [0.29, 0.717) is 33.4 Å². The molecule has 0 saturated heterocycles. The molecule has 0 atom stereocenters. The molecule has 0 aliphatic rings. The maximum Gasteiger partial charge on any atom is 0.287 e. The molecule has 9 nitrogen and oxygen atoms in total. The fraction of sp³-hybridized carbons (Fsp3) is 0.167. The topological polar surface area (TPSA) is 113 Å². The number of rotatable bonds is 8. The number of halogens is 2. The summed E-state index contributed by atoms with van der Waals surface area (Å²) in [6.45, 7) is 2.08. The van der Waals surface area contributed by atoms with Crippen LogP contribution in [-0.4, -0.2) is 25.8 Å². The average molecular weight is 601 g/mol. The lowest BCUT2D eigenvalue weighted by Crippen LogP contribution is -2.22. The monoisotopic (exact) mass is 599 g/mol. The zero-order valence-corrected chi connectivity index (χ0v) is 21.7. The number of nitro groups is 1. The fourth-order valence-corrected chi connectivity index (χ4v) is 4.11. The Bertz CT molecular complexity index is 1490. The number of aryl methyl sites for hydroxylation is 1. The highest BCUT2D eigenvalue weighted by Gasteiger charge is 2.12. The molecule has 11 heteroatoms. The van der Waals surface area contributed by atoms with Gasteiger partial charge >= 0.3 is 0 Å². The average Bonchev–Trinajstić information content (AvgIpc) is 2.84. The summed E-state index contributed by atoms with van der Waals surface area (Å²) in [6, 6.07) is 13.4. The maximum absolute atomic E-state index is 13.2. The van der Waals surface area contributed by atoms with Crippen LogP contribution in [-0.2, 0) is 6.42 Å². The smallest absolute Gasteiger partial charge is 0.287 e. The van der Waals surface area contributed by atoms with E-state index in [4.69, 9.17) is 4.74 Å². The molecular weight excluding hydrogens is 582 g/mol. The van der Waals surface area contributed by atoms with Crippen LogP contribution in [0, 0.1) is 10.1 Å². The van der Waals surface area contributed by atoms with Crippen molar-refractivity contribution in [3.63, 3.8) is 0 Å². The van der Waals surface area contributed by atoms with Gasteiger partial charge in [-0.05, 0) is 64.3 Å². The first-order chi connectivity index (χ1) is 16.9. The van der Waals surface area contributed by atoms with Gasteiger partial charge in [0.05, 0.1) is 26.5 Å². The van der Waals surface area contributed by atoms with Gasteiger partial charge in [-0.3, -0.25) is 14.9 Å². The third kappa shape index (κ3) is 5.80. The van der Waals surface area contributed by atoms with Gasteiger partial charge in [0.2, 0.25) is 5.88 Å². The number of fused-ring (bicyclic) bond motifs is 1. The molecule has 2 heterocycles. The van der Waals surface area contributed by atoms with Crippen LogP contribution in [0.3, 0.4) is 0 Å². The second kappa shape index (κ2) is 10.9. The van der Waals surface area contributed by atoms with E-state index >= 15 is 0 Å². The Morgan fingerprint density at radius 2 is 2.00 bits per heavy atom. The molecule has 2 aromatic carbocycles. The number of unbranched alkanes of at least 4 members (excludes halogenated alkanes) is 1. The molecule has 0 N–H and O–H groups in total. The quantitative estimate of drug-likeness (QED) is 0.134. The number of nitrogens with zero attached hydrogens (tertiary/aromatic N) is 5. The Morgan fingerprint density at radius 3 is 2.69 bits per heavy atom. The first kappa shape index (κ1) is 24.7. The van der Waals surface area contributed by atoms with E-state index in [1.807, 2.05) is 12.1 Å². The van der Waals surface area contributed by atoms with Gasteiger partial charge in [0.15, 0.2) is 0 Å². The van der Waals surface area contributed by atoms with Gasteiger partial charge in [-0.25, -0.2) is 9.97 Å². The molecule has 0 saturated carbocycles. The second-order valence-electron chi connectivity index (χ2n) is 7.56. The Labute approximate surface area is 216 Å². The molecule has 0 fully saturated rings. The Kier molecular flexibility index (Phi) is 7.67. The van der Waals surface area contributed by atoms with Crippen LogP contribution < -0.4 is 10.3 Å². The van der Waals surface area contributed by atoms with E-state index in [1.54, 1.807) is 30.5 Å². The van der Waals surface area contributed by atoms with Gasteiger partial charge in [0.1, 0.15) is 17.8 Å². The molecule has 2 aromatic heterocycles. The van der Waals surface area contributed by atoms with Gasteiger partial charge in [-0.15, -0.1) is 0 Å². The number of hydrogen-bond donors (Lipinski definition) is 0. The molecule has 0 aliphatic heterocycles. The van der Waals surface area contributed by atoms with Crippen molar-refractivity contribution in [3.8, 4) is 11.6 Å². The molecule has 4 aromatic rings. The molecule has 0 spiro atoms. The first-order valence-corrected chi connectivity index (χ1v) is 12.3. The highest BCUT2D eigenvalue weighted by atomic mass is 79.9. The summed E-state index contributed by atoms with van der Waals surface area (Å²) < 4.78 is 8.48. The lowest BCUT2D eigenvalue weighted by molar-refractivity contribution is -0.385. The molecule has 35 heavy (non-hydrogen) atoms. The van der Waals surface area contributed by atoms with Crippen LogP contribution in [0.5, 0.6) is 11.6 Å². The molecule has 178 valence electrons. The van der Waals surface area contributed by atoms with Crippen molar-refractivity contribution in [1.82, 2.24) is 14.6 Å². The van der Waals surface area contributed by atoms with Crippen LogP contribution in [0.15, 0.2) is 73.6 Å². The normalized spacial score (nSPS) is 11.3. The van der Waals surface area contributed by atoms with Crippen molar-refractivity contribution in [1.29, 1.82) is 0 Å². The number of benzene rings is 2. The van der Waals surface area contributed by atoms with E-state index in [1.165, 1.54) is 16.8 Å². The largest absolute Gasteiger partial charge is 0.438 e. The highest BCUT2D eigenvalue weighted by Crippen LogP contribution is 2.30. The minimum absolute atomic E-state index is 0.118. The second-order valence-corrected chi connectivity index (χ2v) is 9.33. The van der Waals surface area contributed by atoms with Crippen LogP contribution in [0.25, 0.3) is 10.9 Å². The first-order valence-electron chi connectivity index (χ1n) is 10.7. The fourth-order valence-electron chi connectivity index (χ4n) is 3.27. The summed E-state index contributed by atoms with van der Waals surface area (Å²) in [5, 5.41) is 15.7. The summed E-state index contributed by atoms with van der Waals surface area (Å²) in [5.41, 5.74) is 1.01. The summed E-state index contributed by atoms with van der Waals surface area (Å²) in [5.74, 6) is 1.30. The van der Waals surface area contributed by atoms with Gasteiger partial charge in [-0.2, -0.15) is 9.78 Å². The zero-order chi connectivity index (χ0) is 24.9. The minimum atomic E-state index is -0.524. The van der Waals surface area contributed by atoms with E-state index < -0.39 is 4.92 Å². The van der Waals surface area contributed by atoms with Crippen LogP contribution >= 0.6 is 31.9 Å². The van der Waals surface area contributed by atoms with Crippen LogP contribution in [0.2, 0.25) is 0 Å². The molecule has 0 unspecified atom stereocenters. The Hall–Kier alpha value is -3.44. The van der Waals surface area contributed by atoms with E-state index in [0.717, 1.165) is 29.1 Å². The summed E-state index contributed by atoms with van der Waals surface area (Å²) in [4.78, 5) is 32.1. The summed E-state index contributed by atoms with van der Waals surface area (Å²) in [6.07, 6.45) is 5.21. The van der Waals surface area contributed by atoms with Crippen molar-refractivity contribution in [3.05, 3.63) is 95.5 Å². The predicted molar refractivity (Wildman–Crippen MR) is 140 cm³/mol.